The van der Waals surface area contributed by atoms with Gasteiger partial charge in [-0.3, -0.25) is 9.89 Å². The van der Waals surface area contributed by atoms with E-state index in [2.05, 4.69) is 26.1 Å². The summed E-state index contributed by atoms with van der Waals surface area (Å²) in [6.45, 7) is 0. The lowest BCUT2D eigenvalue weighted by molar-refractivity contribution is 0.112. The molecule has 1 aromatic heterocycles. The van der Waals surface area contributed by atoms with Gasteiger partial charge in [-0.15, -0.1) is 0 Å². The Balaban J connectivity index is 2.84. The Morgan fingerprint density at radius 2 is 2.31 bits per heavy atom. The van der Waals surface area contributed by atoms with Crippen LogP contribution >= 0.6 is 15.9 Å². The molecule has 0 aliphatic carbocycles. The number of carbonyl (C=O) groups is 1. The highest BCUT2D eigenvalue weighted by molar-refractivity contribution is 9.10. The number of carbonyl (C=O) groups excluding carboxylic acids is 1. The molecular weight excluding hydrogens is 239 g/mol. The molecule has 13 heavy (non-hydrogen) atoms. The van der Waals surface area contributed by atoms with Gasteiger partial charge in [-0.05, 0) is 22.0 Å². The third-order valence-corrected chi connectivity index (χ3v) is 2.35. The van der Waals surface area contributed by atoms with Crippen LogP contribution in [0.1, 0.15) is 10.5 Å². The van der Waals surface area contributed by atoms with Crippen LogP contribution in [0.4, 0.5) is 4.39 Å². The quantitative estimate of drug-likeness (QED) is 0.781. The monoisotopic (exact) mass is 242 g/mol. The van der Waals surface area contributed by atoms with Crippen molar-refractivity contribution < 1.29 is 9.18 Å². The van der Waals surface area contributed by atoms with Crippen molar-refractivity contribution in [2.24, 2.45) is 0 Å². The minimum Gasteiger partial charge on any atom is -0.296 e. The lowest BCUT2D eigenvalue weighted by atomic mass is 10.2. The Morgan fingerprint density at radius 1 is 1.54 bits per heavy atom. The van der Waals surface area contributed by atoms with Gasteiger partial charge >= 0.3 is 0 Å². The first-order valence-electron chi connectivity index (χ1n) is 3.50. The van der Waals surface area contributed by atoms with Crippen LogP contribution in [0, 0.1) is 5.82 Å². The van der Waals surface area contributed by atoms with E-state index >= 15 is 0 Å². The Hall–Kier alpha value is -1.23. The van der Waals surface area contributed by atoms with Crippen LogP contribution < -0.4 is 0 Å². The number of nitrogens with one attached hydrogen (secondary N) is 1. The number of aldehydes is 1. The summed E-state index contributed by atoms with van der Waals surface area (Å²) in [6, 6.07) is 2.82. The van der Waals surface area contributed by atoms with Gasteiger partial charge in [0.15, 0.2) is 6.29 Å². The summed E-state index contributed by atoms with van der Waals surface area (Å²) in [5.74, 6) is -0.381. The van der Waals surface area contributed by atoms with Crippen molar-refractivity contribution in [1.29, 1.82) is 0 Å². The van der Waals surface area contributed by atoms with E-state index in [0.29, 0.717) is 21.7 Å². The summed E-state index contributed by atoms with van der Waals surface area (Å²) in [7, 11) is 0. The summed E-state index contributed by atoms with van der Waals surface area (Å²) in [5.41, 5.74) is 0.804. The van der Waals surface area contributed by atoms with Crippen LogP contribution in [0.3, 0.4) is 0 Å². The molecule has 0 aliphatic heterocycles. The lowest BCUT2D eigenvalue weighted by Gasteiger charge is -1.93. The minimum absolute atomic E-state index is 0.288. The number of hydrogen-bond donors (Lipinski definition) is 1. The van der Waals surface area contributed by atoms with Crippen molar-refractivity contribution in [3.63, 3.8) is 0 Å². The van der Waals surface area contributed by atoms with E-state index in [0.717, 1.165) is 0 Å². The third kappa shape index (κ3) is 1.25. The number of aromatic amines is 1. The molecule has 0 unspecified atom stereocenters. The van der Waals surface area contributed by atoms with Crippen LogP contribution in [0.5, 0.6) is 0 Å². The molecule has 1 heterocycles. The van der Waals surface area contributed by atoms with Crippen molar-refractivity contribution in [3.05, 3.63) is 28.1 Å². The molecule has 2 aromatic rings. The van der Waals surface area contributed by atoms with Gasteiger partial charge in [0, 0.05) is 11.5 Å². The average Bonchev–Trinajstić information content (AvgIpc) is 2.48. The first-order chi connectivity index (χ1) is 6.22. The zero-order valence-corrected chi connectivity index (χ0v) is 7.93. The van der Waals surface area contributed by atoms with E-state index in [4.69, 9.17) is 0 Å². The first-order valence-corrected chi connectivity index (χ1v) is 4.30. The van der Waals surface area contributed by atoms with Crippen molar-refractivity contribution in [3.8, 4) is 0 Å². The smallest absolute Gasteiger partial charge is 0.170 e. The number of halogens is 2. The zero-order chi connectivity index (χ0) is 9.42. The predicted octanol–water partition coefficient (Wildman–Crippen LogP) is 2.28. The second-order valence-electron chi connectivity index (χ2n) is 2.54. The molecule has 0 amide bonds. The summed E-state index contributed by atoms with van der Waals surface area (Å²) < 4.78 is 13.3. The van der Waals surface area contributed by atoms with Crippen molar-refractivity contribution >= 4 is 33.1 Å². The maximum absolute atomic E-state index is 13.0. The average molecular weight is 243 g/mol. The molecule has 5 heteroatoms. The van der Waals surface area contributed by atoms with E-state index in [9.17, 15) is 9.18 Å². The minimum atomic E-state index is -0.381. The Morgan fingerprint density at radius 3 is 3.00 bits per heavy atom. The molecule has 0 saturated carbocycles. The first kappa shape index (κ1) is 8.37. The van der Waals surface area contributed by atoms with Gasteiger partial charge in [0.25, 0.3) is 0 Å². The van der Waals surface area contributed by atoms with E-state index in [-0.39, 0.29) is 11.5 Å². The van der Waals surface area contributed by atoms with E-state index in [1.165, 1.54) is 12.1 Å². The molecule has 2 rings (SSSR count). The maximum atomic E-state index is 13.0. The standard InChI is InChI=1S/C8H4BrFN2O/c9-5-1-4-7(2-6(5)10)11-12-8(4)3-13/h1-3H,(H,11,12). The van der Waals surface area contributed by atoms with E-state index in [1.54, 1.807) is 0 Å². The molecule has 1 N–H and O–H groups in total. The van der Waals surface area contributed by atoms with Gasteiger partial charge in [0.05, 0.1) is 9.99 Å². The topological polar surface area (TPSA) is 45.8 Å². The molecule has 1 aromatic carbocycles. The van der Waals surface area contributed by atoms with Crippen LogP contribution in [-0.2, 0) is 0 Å². The van der Waals surface area contributed by atoms with E-state index in [1.807, 2.05) is 0 Å². The van der Waals surface area contributed by atoms with Crippen LogP contribution in [0.25, 0.3) is 10.9 Å². The van der Waals surface area contributed by atoms with Gasteiger partial charge in [0.1, 0.15) is 11.5 Å². The number of benzene rings is 1. The Labute approximate surface area is 81.1 Å². The SMILES string of the molecule is O=Cc1n[nH]c2cc(F)c(Br)cc12. The molecule has 0 spiro atoms. The largest absolute Gasteiger partial charge is 0.296 e. The second kappa shape index (κ2) is 2.92. The van der Waals surface area contributed by atoms with Crippen LogP contribution in [0.15, 0.2) is 16.6 Å². The number of aromatic nitrogens is 2. The number of hydrogen-bond acceptors (Lipinski definition) is 2. The second-order valence-corrected chi connectivity index (χ2v) is 3.39. The summed E-state index contributed by atoms with van der Waals surface area (Å²) in [6.07, 6.45) is 0.628. The fourth-order valence-corrected chi connectivity index (χ4v) is 1.47. The molecule has 0 atom stereocenters. The summed E-state index contributed by atoms with van der Waals surface area (Å²) in [4.78, 5) is 10.5. The lowest BCUT2D eigenvalue weighted by Crippen LogP contribution is -1.80. The van der Waals surface area contributed by atoms with Crippen molar-refractivity contribution in [2.75, 3.05) is 0 Å². The molecule has 0 aliphatic rings. The van der Waals surface area contributed by atoms with Gasteiger partial charge in [0.2, 0.25) is 0 Å². The van der Waals surface area contributed by atoms with Crippen LogP contribution in [0.2, 0.25) is 0 Å². The molecule has 0 bridgehead atoms. The highest BCUT2D eigenvalue weighted by atomic mass is 79.9. The Kier molecular flexibility index (Phi) is 1.88. The molecule has 0 saturated heterocycles. The number of H-pyrrole nitrogens is 1. The Bertz CT molecular complexity index is 480. The molecular formula is C8H4BrFN2O. The molecule has 0 fully saturated rings. The number of fused-ring (bicyclic) bond motifs is 1. The van der Waals surface area contributed by atoms with Crippen LogP contribution in [-0.4, -0.2) is 16.5 Å². The third-order valence-electron chi connectivity index (χ3n) is 1.74. The fraction of sp³-hybridized carbons (Fsp3) is 0. The van der Waals surface area contributed by atoms with Gasteiger partial charge < -0.3 is 0 Å². The fourth-order valence-electron chi connectivity index (χ4n) is 1.12. The van der Waals surface area contributed by atoms with Crippen molar-refractivity contribution in [2.45, 2.75) is 0 Å². The highest BCUT2D eigenvalue weighted by Crippen LogP contribution is 2.23. The van der Waals surface area contributed by atoms with Crippen molar-refractivity contribution in [1.82, 2.24) is 10.2 Å². The molecule has 0 radical (unpaired) electrons. The zero-order valence-electron chi connectivity index (χ0n) is 6.34. The summed E-state index contributed by atoms with van der Waals surface area (Å²) in [5, 5.41) is 6.89. The number of nitrogens with zero attached hydrogens (tertiary/aromatic N) is 1. The predicted molar refractivity (Wildman–Crippen MR) is 49.1 cm³/mol. The van der Waals surface area contributed by atoms with Gasteiger partial charge in [-0.2, -0.15) is 5.10 Å². The molecule has 3 nitrogen and oxygen atoms in total. The summed E-state index contributed by atoms with van der Waals surface area (Å²) >= 11 is 3.03. The molecule has 66 valence electrons. The maximum Gasteiger partial charge on any atom is 0.170 e. The van der Waals surface area contributed by atoms with E-state index < -0.39 is 0 Å². The normalized spacial score (nSPS) is 10.6. The van der Waals surface area contributed by atoms with Gasteiger partial charge in [-0.1, -0.05) is 0 Å². The van der Waals surface area contributed by atoms with Gasteiger partial charge in [-0.25, -0.2) is 4.39 Å². The highest BCUT2D eigenvalue weighted by Gasteiger charge is 2.08. The number of rotatable bonds is 1.